The molecule has 0 unspecified atom stereocenters. The smallest absolute Gasteiger partial charge is 0.444 e. The van der Waals surface area contributed by atoms with Gasteiger partial charge < -0.3 is 14.9 Å². The second-order valence-electron chi connectivity index (χ2n) is 3.62. The second-order valence-corrected chi connectivity index (χ2v) is 4.06. The Kier molecular flexibility index (Phi) is 10.1. The van der Waals surface area contributed by atoms with Crippen LogP contribution < -0.4 is 29.6 Å². The molecule has 0 bridgehead atoms. The number of carbonyl (C=O) groups excluding carboxylic acids is 2. The number of hydrogen-bond acceptors (Lipinski definition) is 6. The van der Waals surface area contributed by atoms with Crippen molar-refractivity contribution in [2.45, 2.75) is 0 Å². The third-order valence-electron chi connectivity index (χ3n) is 2.27. The quantitative estimate of drug-likeness (QED) is 0.264. The van der Waals surface area contributed by atoms with Crippen LogP contribution in [0.5, 0.6) is 0 Å². The fourth-order valence-electron chi connectivity index (χ4n) is 1.36. The Morgan fingerprint density at radius 1 is 0.909 bits per heavy atom. The Morgan fingerprint density at radius 3 is 1.77 bits per heavy atom. The summed E-state index contributed by atoms with van der Waals surface area (Å²) in [5, 5.41) is 9.51. The van der Waals surface area contributed by atoms with E-state index in [0.717, 1.165) is 5.34 Å². The minimum absolute atomic E-state index is 0. The van der Waals surface area contributed by atoms with Crippen LogP contribution in [-0.4, -0.2) is 11.9 Å². The van der Waals surface area contributed by atoms with Crippen LogP contribution in [-0.2, 0) is 4.74 Å². The summed E-state index contributed by atoms with van der Waals surface area (Å²) in [6.45, 7) is 0. The van der Waals surface area contributed by atoms with Crippen molar-refractivity contribution in [3.05, 3.63) is 80.9 Å². The van der Waals surface area contributed by atoms with E-state index in [1.807, 2.05) is 0 Å². The molecule has 22 heavy (non-hydrogen) atoms. The average Bonchev–Trinajstić information content (AvgIpc) is 2.49. The van der Waals surface area contributed by atoms with E-state index in [4.69, 9.17) is 26.5 Å². The van der Waals surface area contributed by atoms with Crippen molar-refractivity contribution in [3.63, 3.8) is 0 Å². The molecule has 0 amide bonds. The Balaban J connectivity index is 0.00000102. The molecule has 0 heterocycles. The van der Waals surface area contributed by atoms with Gasteiger partial charge in [-0.3, -0.25) is 0 Å². The molecule has 0 N–H and O–H groups in total. The Hall–Kier alpha value is -1.73. The van der Waals surface area contributed by atoms with Crippen molar-refractivity contribution in [2.24, 2.45) is 5.34 Å². The van der Waals surface area contributed by atoms with Gasteiger partial charge in [0.1, 0.15) is 0 Å². The molecule has 0 spiro atoms. The van der Waals surface area contributed by atoms with E-state index < -0.39 is 11.9 Å². The molecule has 2 aromatic carbocycles. The van der Waals surface area contributed by atoms with E-state index in [2.05, 4.69) is 0 Å². The van der Waals surface area contributed by atoms with Gasteiger partial charge in [-0.1, -0.05) is 29.8 Å². The van der Waals surface area contributed by atoms with Crippen molar-refractivity contribution < 1.29 is 43.9 Å². The Labute approximate surface area is 153 Å². The topological polar surface area (TPSA) is 95.9 Å². The summed E-state index contributed by atoms with van der Waals surface area (Å²) in [4.78, 5) is 31.3. The van der Waals surface area contributed by atoms with Crippen molar-refractivity contribution in [1.82, 2.24) is 0 Å². The molecule has 0 aliphatic heterocycles. The normalized spacial score (nSPS) is 8.59. The predicted molar refractivity (Wildman–Crippen MR) is 76.8 cm³/mol. The molecule has 108 valence electrons. The number of ether oxygens (including phenoxy) is 1. The Bertz CT molecular complexity index is 619. The summed E-state index contributed by atoms with van der Waals surface area (Å²) < 4.78 is 4.74. The number of carbonyl (C=O) groups is 2. The Morgan fingerprint density at radius 2 is 1.32 bits per heavy atom. The largest absolute Gasteiger partial charge is 1.00 e. The second kappa shape index (κ2) is 10.9. The molecule has 0 saturated heterocycles. The maximum atomic E-state index is 11.7. The number of benzene rings is 2. The van der Waals surface area contributed by atoms with Crippen LogP contribution in [0.2, 0.25) is 5.02 Å². The first-order chi connectivity index (χ1) is 10.1. The molecular weight excluding hydrogens is 321 g/mol. The van der Waals surface area contributed by atoms with Gasteiger partial charge >= 0.3 is 41.5 Å². The first-order valence-corrected chi connectivity index (χ1v) is 5.98. The molecule has 0 aliphatic carbocycles. The van der Waals surface area contributed by atoms with Gasteiger partial charge in [0, 0.05) is 5.02 Å². The number of rotatable bonds is 2. The zero-order valence-electron chi connectivity index (χ0n) is 11.6. The van der Waals surface area contributed by atoms with E-state index in [1.165, 1.54) is 12.1 Å². The fourth-order valence-corrected chi connectivity index (χ4v) is 1.49. The molecule has 0 aromatic heterocycles. The number of esters is 2. The SMILES string of the molecule is O=C(OC(=O)c1ccc(Cl)cc1)c1ccccc1.O=N[O-].[Na+]. The summed E-state index contributed by atoms with van der Waals surface area (Å²) in [7, 11) is 0. The van der Waals surface area contributed by atoms with Crippen LogP contribution in [0.3, 0.4) is 0 Å². The summed E-state index contributed by atoms with van der Waals surface area (Å²) in [6.07, 6.45) is 0. The van der Waals surface area contributed by atoms with E-state index in [-0.39, 0.29) is 35.1 Å². The van der Waals surface area contributed by atoms with Crippen LogP contribution in [0.1, 0.15) is 20.7 Å². The minimum atomic E-state index is -0.694. The van der Waals surface area contributed by atoms with Gasteiger partial charge in [0.2, 0.25) is 0 Å². The summed E-state index contributed by atoms with van der Waals surface area (Å²) in [6, 6.07) is 14.5. The van der Waals surface area contributed by atoms with Crippen molar-refractivity contribution >= 4 is 23.5 Å². The molecule has 0 saturated carbocycles. The van der Waals surface area contributed by atoms with Gasteiger partial charge in [-0.05, 0) is 36.4 Å². The van der Waals surface area contributed by atoms with Crippen molar-refractivity contribution in [1.29, 1.82) is 0 Å². The van der Waals surface area contributed by atoms with Crippen molar-refractivity contribution in [2.75, 3.05) is 0 Å². The van der Waals surface area contributed by atoms with Crippen LogP contribution in [0.15, 0.2) is 59.9 Å². The molecule has 2 rings (SSSR count). The van der Waals surface area contributed by atoms with Crippen molar-refractivity contribution in [3.8, 4) is 0 Å². The first-order valence-electron chi connectivity index (χ1n) is 5.60. The van der Waals surface area contributed by atoms with E-state index >= 15 is 0 Å². The van der Waals surface area contributed by atoms with Crippen LogP contribution in [0.4, 0.5) is 0 Å². The molecule has 0 aliphatic rings. The standard InChI is InChI=1S/C14H9ClO3.HNO2.Na/c15-12-8-6-11(7-9-12)14(17)18-13(16)10-4-2-1-3-5-10;2-1-3;/h1-9H;(H,2,3);/q;;+1/p-1. The van der Waals surface area contributed by atoms with Crippen LogP contribution in [0, 0.1) is 10.1 Å². The molecule has 6 nitrogen and oxygen atoms in total. The van der Waals surface area contributed by atoms with E-state index in [9.17, 15) is 9.59 Å². The number of halogens is 1. The molecule has 0 fully saturated rings. The van der Waals surface area contributed by atoms with Crippen LogP contribution in [0.25, 0.3) is 0 Å². The molecular formula is C14H9ClNNaO5. The van der Waals surface area contributed by atoms with Gasteiger partial charge in [-0.25, -0.2) is 9.59 Å². The van der Waals surface area contributed by atoms with Gasteiger partial charge in [-0.2, -0.15) is 0 Å². The summed E-state index contributed by atoms with van der Waals surface area (Å²) in [5.74, 6) is -1.36. The summed E-state index contributed by atoms with van der Waals surface area (Å²) >= 11 is 5.70. The van der Waals surface area contributed by atoms with Gasteiger partial charge in [0.25, 0.3) is 0 Å². The maximum Gasteiger partial charge on any atom is 1.00 e. The predicted octanol–water partition coefficient (Wildman–Crippen LogP) is 0.592. The monoisotopic (exact) mass is 329 g/mol. The van der Waals surface area contributed by atoms with Gasteiger partial charge in [0.05, 0.1) is 11.1 Å². The number of hydrogen-bond donors (Lipinski definition) is 0. The zero-order valence-corrected chi connectivity index (χ0v) is 14.3. The van der Waals surface area contributed by atoms with E-state index in [1.54, 1.807) is 42.5 Å². The first kappa shape index (κ1) is 20.3. The third kappa shape index (κ3) is 6.82. The molecule has 8 heteroatoms. The maximum absolute atomic E-state index is 11.7. The van der Waals surface area contributed by atoms with E-state index in [0.29, 0.717) is 10.6 Å². The fraction of sp³-hybridized carbons (Fsp3) is 0. The molecule has 0 atom stereocenters. The third-order valence-corrected chi connectivity index (χ3v) is 2.53. The van der Waals surface area contributed by atoms with Gasteiger partial charge in [-0.15, -0.1) is 5.34 Å². The molecule has 0 radical (unpaired) electrons. The summed E-state index contributed by atoms with van der Waals surface area (Å²) in [5.41, 5.74) is 0.614. The van der Waals surface area contributed by atoms with Gasteiger partial charge in [0.15, 0.2) is 0 Å². The zero-order chi connectivity index (χ0) is 15.7. The van der Waals surface area contributed by atoms with Crippen LogP contribution >= 0.6 is 11.6 Å². The molecule has 2 aromatic rings. The average molecular weight is 330 g/mol. The number of nitrogens with zero attached hydrogens (tertiary/aromatic N) is 1. The minimum Gasteiger partial charge on any atom is -0.444 e.